The fourth-order valence-electron chi connectivity index (χ4n) is 3.73. The molecular formula is C18H22N4O3. The summed E-state index contributed by atoms with van der Waals surface area (Å²) in [7, 11) is 0. The summed E-state index contributed by atoms with van der Waals surface area (Å²) in [5, 5.41) is 7.29. The van der Waals surface area contributed by atoms with Crippen molar-refractivity contribution >= 4 is 11.7 Å². The molecule has 7 heteroatoms. The van der Waals surface area contributed by atoms with E-state index in [0.717, 1.165) is 25.1 Å². The molecule has 0 bridgehead atoms. The second-order valence-corrected chi connectivity index (χ2v) is 6.89. The number of amides is 1. The summed E-state index contributed by atoms with van der Waals surface area (Å²) in [5.74, 6) is 1.07. The predicted molar refractivity (Wildman–Crippen MR) is 91.3 cm³/mol. The largest absolute Gasteiger partial charge is 0.373 e. The minimum Gasteiger partial charge on any atom is -0.373 e. The summed E-state index contributed by atoms with van der Waals surface area (Å²) < 4.78 is 11.2. The lowest BCUT2D eigenvalue weighted by molar-refractivity contribution is -0.0721. The number of rotatable bonds is 3. The Kier molecular flexibility index (Phi) is 4.17. The Morgan fingerprint density at radius 1 is 1.44 bits per heavy atom. The van der Waals surface area contributed by atoms with Crippen molar-refractivity contribution in [3.05, 3.63) is 41.9 Å². The first-order valence-corrected chi connectivity index (χ1v) is 8.68. The lowest BCUT2D eigenvalue weighted by atomic mass is 9.89. The van der Waals surface area contributed by atoms with Gasteiger partial charge in [0.25, 0.3) is 5.91 Å². The molecule has 4 heterocycles. The predicted octanol–water partition coefficient (Wildman–Crippen LogP) is 2.25. The van der Waals surface area contributed by atoms with Crippen LogP contribution < -0.4 is 5.32 Å². The number of carbonyl (C=O) groups is 1. The average Bonchev–Trinajstić information content (AvgIpc) is 3.22. The van der Waals surface area contributed by atoms with Crippen LogP contribution in [0.15, 0.2) is 35.0 Å². The molecule has 2 aromatic heterocycles. The average molecular weight is 342 g/mol. The number of anilines is 1. The smallest absolute Gasteiger partial charge is 0.292 e. The maximum absolute atomic E-state index is 12.6. The molecule has 2 atom stereocenters. The fraction of sp³-hybridized carbons (Fsp3) is 0.500. The van der Waals surface area contributed by atoms with Gasteiger partial charge >= 0.3 is 0 Å². The molecule has 2 saturated heterocycles. The van der Waals surface area contributed by atoms with Crippen molar-refractivity contribution in [3.63, 3.8) is 0 Å². The van der Waals surface area contributed by atoms with Crippen LogP contribution in [0, 0.1) is 6.92 Å². The van der Waals surface area contributed by atoms with Crippen molar-refractivity contribution in [2.24, 2.45) is 0 Å². The van der Waals surface area contributed by atoms with Gasteiger partial charge in [0.05, 0.1) is 17.8 Å². The summed E-state index contributed by atoms with van der Waals surface area (Å²) in [5.41, 5.74) is 0.431. The van der Waals surface area contributed by atoms with E-state index in [1.165, 1.54) is 0 Å². The molecule has 0 saturated carbocycles. The van der Waals surface area contributed by atoms with Crippen LogP contribution in [0.1, 0.15) is 35.5 Å². The van der Waals surface area contributed by atoms with E-state index >= 15 is 0 Å². The molecule has 0 aliphatic carbocycles. The quantitative estimate of drug-likeness (QED) is 0.921. The van der Waals surface area contributed by atoms with Gasteiger partial charge in [-0.25, -0.2) is 4.98 Å². The zero-order valence-corrected chi connectivity index (χ0v) is 14.3. The van der Waals surface area contributed by atoms with Crippen LogP contribution in [0.25, 0.3) is 0 Å². The number of aryl methyl sites for hydroxylation is 1. The van der Waals surface area contributed by atoms with Gasteiger partial charge in [0.2, 0.25) is 5.76 Å². The normalized spacial score (nSPS) is 26.1. The maximum atomic E-state index is 12.6. The summed E-state index contributed by atoms with van der Waals surface area (Å²) in [6.45, 7) is 3.76. The Labute approximate surface area is 146 Å². The van der Waals surface area contributed by atoms with Crippen molar-refractivity contribution in [1.29, 1.82) is 0 Å². The van der Waals surface area contributed by atoms with Crippen LogP contribution in [-0.2, 0) is 4.74 Å². The van der Waals surface area contributed by atoms with Crippen LogP contribution in [0.3, 0.4) is 0 Å². The molecule has 1 spiro atoms. The highest BCUT2D eigenvalue weighted by Crippen LogP contribution is 2.35. The Hall–Kier alpha value is -2.41. The molecule has 2 aliphatic heterocycles. The third-order valence-electron chi connectivity index (χ3n) is 4.95. The van der Waals surface area contributed by atoms with Gasteiger partial charge in [0.1, 0.15) is 5.82 Å². The van der Waals surface area contributed by atoms with Crippen LogP contribution in [0.4, 0.5) is 5.82 Å². The van der Waals surface area contributed by atoms with Crippen molar-refractivity contribution in [2.45, 2.75) is 37.8 Å². The molecule has 25 heavy (non-hydrogen) atoms. The minimum absolute atomic E-state index is 0.110. The highest BCUT2D eigenvalue weighted by atomic mass is 16.5. The molecule has 0 aromatic carbocycles. The van der Waals surface area contributed by atoms with E-state index in [-0.39, 0.29) is 11.5 Å². The van der Waals surface area contributed by atoms with Crippen LogP contribution in [0.2, 0.25) is 0 Å². The van der Waals surface area contributed by atoms with Crippen molar-refractivity contribution in [3.8, 4) is 0 Å². The van der Waals surface area contributed by atoms with E-state index < -0.39 is 0 Å². The number of carbonyl (C=O) groups excluding carboxylic acids is 1. The van der Waals surface area contributed by atoms with Crippen molar-refractivity contribution in [2.75, 3.05) is 25.0 Å². The van der Waals surface area contributed by atoms with Crippen molar-refractivity contribution < 1.29 is 14.1 Å². The molecule has 0 unspecified atom stereocenters. The van der Waals surface area contributed by atoms with Gasteiger partial charge < -0.3 is 19.5 Å². The first-order chi connectivity index (χ1) is 12.1. The highest BCUT2D eigenvalue weighted by Gasteiger charge is 2.45. The lowest BCUT2D eigenvalue weighted by Crippen LogP contribution is -2.47. The zero-order chi connectivity index (χ0) is 17.3. The standard InChI is InChI=1S/C18H22N4O3/c1-13-10-15(25-21-13)17(23)22-8-6-18(12-22)11-14(5-9-24-18)20-16-4-2-3-7-19-16/h2-4,7,10,14H,5-6,8-9,11-12H2,1H3,(H,19,20)/t14-,18-/m0/s1. The number of likely N-dealkylation sites (tertiary alicyclic amines) is 1. The second-order valence-electron chi connectivity index (χ2n) is 6.89. The summed E-state index contributed by atoms with van der Waals surface area (Å²) in [6.07, 6.45) is 4.43. The van der Waals surface area contributed by atoms with Gasteiger partial charge in [0.15, 0.2) is 0 Å². The maximum Gasteiger partial charge on any atom is 0.292 e. The monoisotopic (exact) mass is 342 g/mol. The molecule has 1 amide bonds. The van der Waals surface area contributed by atoms with Gasteiger partial charge in [-0.3, -0.25) is 4.79 Å². The Bertz CT molecular complexity index is 748. The van der Waals surface area contributed by atoms with Crippen LogP contribution in [-0.4, -0.2) is 52.3 Å². The van der Waals surface area contributed by atoms with Gasteiger partial charge in [0, 0.05) is 31.5 Å². The highest BCUT2D eigenvalue weighted by molar-refractivity contribution is 5.91. The van der Waals surface area contributed by atoms with Gasteiger partial charge in [-0.05, 0) is 38.3 Å². The molecule has 4 rings (SSSR count). The van der Waals surface area contributed by atoms with E-state index in [1.54, 1.807) is 12.3 Å². The topological polar surface area (TPSA) is 80.5 Å². The number of hydrogen-bond donors (Lipinski definition) is 1. The molecule has 2 aliphatic rings. The van der Waals surface area contributed by atoms with Crippen LogP contribution in [0.5, 0.6) is 0 Å². The SMILES string of the molecule is Cc1cc(C(=O)N2CC[C@]3(C[C@@H](Nc4ccccn4)CCO3)C2)on1. The first kappa shape index (κ1) is 16.1. The number of nitrogens with zero attached hydrogens (tertiary/aromatic N) is 3. The van der Waals surface area contributed by atoms with Gasteiger partial charge in [-0.1, -0.05) is 11.2 Å². The van der Waals surface area contributed by atoms with Crippen LogP contribution >= 0.6 is 0 Å². The lowest BCUT2D eigenvalue weighted by Gasteiger charge is -2.38. The van der Waals surface area contributed by atoms with Gasteiger partial charge in [-0.2, -0.15) is 0 Å². The van der Waals surface area contributed by atoms with E-state index in [0.29, 0.717) is 37.2 Å². The number of aromatic nitrogens is 2. The zero-order valence-electron chi connectivity index (χ0n) is 14.3. The second kappa shape index (κ2) is 6.48. The van der Waals surface area contributed by atoms with E-state index in [2.05, 4.69) is 15.5 Å². The van der Waals surface area contributed by atoms with E-state index in [1.807, 2.05) is 30.0 Å². The van der Waals surface area contributed by atoms with E-state index in [4.69, 9.17) is 9.26 Å². The summed E-state index contributed by atoms with van der Waals surface area (Å²) in [6, 6.07) is 7.83. The number of nitrogens with one attached hydrogen (secondary N) is 1. The third kappa shape index (κ3) is 3.37. The fourth-order valence-corrected chi connectivity index (χ4v) is 3.73. The third-order valence-corrected chi connectivity index (χ3v) is 4.95. The van der Waals surface area contributed by atoms with Crippen molar-refractivity contribution in [1.82, 2.24) is 15.0 Å². The molecule has 2 aromatic rings. The Balaban J connectivity index is 1.41. The molecule has 132 valence electrons. The summed E-state index contributed by atoms with van der Waals surface area (Å²) in [4.78, 5) is 18.7. The Morgan fingerprint density at radius 2 is 2.36 bits per heavy atom. The molecular weight excluding hydrogens is 320 g/mol. The summed E-state index contributed by atoms with van der Waals surface area (Å²) >= 11 is 0. The first-order valence-electron chi connectivity index (χ1n) is 8.68. The molecule has 1 N–H and O–H groups in total. The number of ether oxygens (including phenoxy) is 1. The molecule has 0 radical (unpaired) electrons. The minimum atomic E-state index is -0.282. The molecule has 7 nitrogen and oxygen atoms in total. The van der Waals surface area contributed by atoms with E-state index in [9.17, 15) is 4.79 Å². The Morgan fingerprint density at radius 3 is 3.12 bits per heavy atom. The van der Waals surface area contributed by atoms with Gasteiger partial charge in [-0.15, -0.1) is 0 Å². The molecule has 2 fully saturated rings. The number of pyridine rings is 1. The number of hydrogen-bond acceptors (Lipinski definition) is 6.